The van der Waals surface area contributed by atoms with Crippen LogP contribution in [-0.4, -0.2) is 30.1 Å². The van der Waals surface area contributed by atoms with Crippen molar-refractivity contribution in [2.45, 2.75) is 51.2 Å². The Bertz CT molecular complexity index is 362. The average Bonchev–Trinajstić information content (AvgIpc) is 3.12. The zero-order chi connectivity index (χ0) is 11.7. The third-order valence-electron chi connectivity index (χ3n) is 4.11. The van der Waals surface area contributed by atoms with Gasteiger partial charge in [0.1, 0.15) is 0 Å². The molecule has 0 unspecified atom stereocenters. The van der Waals surface area contributed by atoms with E-state index in [0.717, 1.165) is 18.6 Å². The highest BCUT2D eigenvalue weighted by Crippen LogP contribution is 2.29. The predicted molar refractivity (Wildman–Crippen MR) is 73.5 cm³/mol. The number of nitrogens with one attached hydrogen (secondary N) is 1. The second-order valence-electron chi connectivity index (χ2n) is 5.45. The number of aryl methyl sites for hydroxylation is 1. The molecule has 1 saturated heterocycles. The van der Waals surface area contributed by atoms with E-state index in [4.69, 9.17) is 0 Å². The molecular weight excluding hydrogens is 228 g/mol. The van der Waals surface area contributed by atoms with Crippen molar-refractivity contribution in [3.8, 4) is 0 Å². The van der Waals surface area contributed by atoms with Crippen LogP contribution in [0.25, 0.3) is 0 Å². The van der Waals surface area contributed by atoms with Crippen LogP contribution >= 0.6 is 11.3 Å². The molecule has 2 nitrogen and oxygen atoms in total. The molecule has 1 aromatic rings. The summed E-state index contributed by atoms with van der Waals surface area (Å²) >= 11 is 1.88. The predicted octanol–water partition coefficient (Wildman–Crippen LogP) is 2.77. The summed E-state index contributed by atoms with van der Waals surface area (Å²) < 4.78 is 0. The standard InChI is InChI=1S/C14H22N2S/c1-11-6-9-17-14(11)10-15-12-4-7-16(8-5-12)13-2-3-13/h6,9,12-13,15H,2-5,7-8,10H2,1H3. The van der Waals surface area contributed by atoms with Gasteiger partial charge in [0.15, 0.2) is 0 Å². The normalized spacial score (nSPS) is 23.1. The van der Waals surface area contributed by atoms with Crippen LogP contribution in [-0.2, 0) is 6.54 Å². The number of hydrogen-bond acceptors (Lipinski definition) is 3. The second kappa shape index (κ2) is 5.09. The first kappa shape index (κ1) is 11.7. The number of hydrogen-bond donors (Lipinski definition) is 1. The highest BCUT2D eigenvalue weighted by molar-refractivity contribution is 7.10. The molecule has 0 aromatic carbocycles. The van der Waals surface area contributed by atoms with Gasteiger partial charge in [-0.1, -0.05) is 0 Å². The van der Waals surface area contributed by atoms with Gasteiger partial charge in [-0.2, -0.15) is 0 Å². The van der Waals surface area contributed by atoms with Crippen LogP contribution in [0.5, 0.6) is 0 Å². The molecule has 3 rings (SSSR count). The van der Waals surface area contributed by atoms with Crippen molar-refractivity contribution in [2.75, 3.05) is 13.1 Å². The average molecular weight is 250 g/mol. The van der Waals surface area contributed by atoms with Crippen LogP contribution < -0.4 is 5.32 Å². The van der Waals surface area contributed by atoms with Crippen molar-refractivity contribution >= 4 is 11.3 Å². The molecular formula is C14H22N2S. The van der Waals surface area contributed by atoms with Gasteiger partial charge in [-0.25, -0.2) is 0 Å². The molecule has 0 atom stereocenters. The summed E-state index contributed by atoms with van der Waals surface area (Å²) in [5.74, 6) is 0. The monoisotopic (exact) mass is 250 g/mol. The minimum Gasteiger partial charge on any atom is -0.309 e. The molecule has 1 N–H and O–H groups in total. The topological polar surface area (TPSA) is 15.3 Å². The Kier molecular flexibility index (Phi) is 3.50. The van der Waals surface area contributed by atoms with Crippen LogP contribution in [0.2, 0.25) is 0 Å². The Morgan fingerprint density at radius 2 is 2.06 bits per heavy atom. The first-order chi connectivity index (χ1) is 8.33. The van der Waals surface area contributed by atoms with Crippen molar-refractivity contribution in [1.82, 2.24) is 10.2 Å². The second-order valence-corrected chi connectivity index (χ2v) is 6.45. The summed E-state index contributed by atoms with van der Waals surface area (Å²) in [6, 6.07) is 3.92. The fourth-order valence-electron chi connectivity index (χ4n) is 2.73. The number of piperidine rings is 1. The summed E-state index contributed by atoms with van der Waals surface area (Å²) in [6.07, 6.45) is 5.57. The summed E-state index contributed by atoms with van der Waals surface area (Å²) in [4.78, 5) is 4.20. The van der Waals surface area contributed by atoms with E-state index in [-0.39, 0.29) is 0 Å². The van der Waals surface area contributed by atoms with E-state index < -0.39 is 0 Å². The lowest BCUT2D eigenvalue weighted by Gasteiger charge is -2.32. The maximum atomic E-state index is 3.73. The van der Waals surface area contributed by atoms with Gasteiger partial charge in [-0.3, -0.25) is 0 Å². The minimum atomic E-state index is 0.742. The fraction of sp³-hybridized carbons (Fsp3) is 0.714. The van der Waals surface area contributed by atoms with Gasteiger partial charge in [0.05, 0.1) is 0 Å². The third-order valence-corrected chi connectivity index (χ3v) is 5.14. The van der Waals surface area contributed by atoms with Crippen LogP contribution in [0.1, 0.15) is 36.1 Å². The molecule has 2 heterocycles. The molecule has 0 amide bonds. The number of rotatable bonds is 4. The van der Waals surface area contributed by atoms with Gasteiger partial charge < -0.3 is 10.2 Å². The van der Waals surface area contributed by atoms with Crippen LogP contribution in [0.3, 0.4) is 0 Å². The molecule has 0 spiro atoms. The highest BCUT2D eigenvalue weighted by Gasteiger charge is 2.31. The summed E-state index contributed by atoms with van der Waals surface area (Å²) in [6.45, 7) is 5.90. The lowest BCUT2D eigenvalue weighted by Crippen LogP contribution is -2.43. The smallest absolute Gasteiger partial charge is 0.0304 e. The lowest BCUT2D eigenvalue weighted by molar-refractivity contribution is 0.189. The first-order valence-electron chi connectivity index (χ1n) is 6.83. The Hall–Kier alpha value is -0.380. The fourth-order valence-corrected chi connectivity index (χ4v) is 3.59. The van der Waals surface area contributed by atoms with Crippen LogP contribution in [0.15, 0.2) is 11.4 Å². The SMILES string of the molecule is Cc1ccsc1CNC1CCN(C2CC2)CC1. The molecule has 94 valence electrons. The Balaban J connectivity index is 1.43. The minimum absolute atomic E-state index is 0.742. The first-order valence-corrected chi connectivity index (χ1v) is 7.71. The molecule has 2 aliphatic rings. The molecule has 2 fully saturated rings. The van der Waals surface area contributed by atoms with Gasteiger partial charge >= 0.3 is 0 Å². The molecule has 1 saturated carbocycles. The van der Waals surface area contributed by atoms with Crippen molar-refractivity contribution in [3.05, 3.63) is 21.9 Å². The molecule has 1 aliphatic carbocycles. The van der Waals surface area contributed by atoms with E-state index in [0.29, 0.717) is 0 Å². The van der Waals surface area contributed by atoms with Crippen molar-refractivity contribution in [3.63, 3.8) is 0 Å². The largest absolute Gasteiger partial charge is 0.309 e. The van der Waals surface area contributed by atoms with Gasteiger partial charge in [-0.05, 0) is 62.7 Å². The van der Waals surface area contributed by atoms with Gasteiger partial charge in [0.25, 0.3) is 0 Å². The number of thiophene rings is 1. The van der Waals surface area contributed by atoms with Crippen molar-refractivity contribution in [1.29, 1.82) is 0 Å². The van der Waals surface area contributed by atoms with Gasteiger partial charge in [-0.15, -0.1) is 11.3 Å². The van der Waals surface area contributed by atoms with Crippen molar-refractivity contribution < 1.29 is 0 Å². The molecule has 1 aliphatic heterocycles. The highest BCUT2D eigenvalue weighted by atomic mass is 32.1. The van der Waals surface area contributed by atoms with E-state index in [1.54, 1.807) is 0 Å². The quantitative estimate of drug-likeness (QED) is 0.884. The van der Waals surface area contributed by atoms with Crippen LogP contribution in [0, 0.1) is 6.92 Å². The van der Waals surface area contributed by atoms with Gasteiger partial charge in [0.2, 0.25) is 0 Å². The van der Waals surface area contributed by atoms with E-state index in [1.807, 2.05) is 11.3 Å². The maximum absolute atomic E-state index is 3.73. The Labute approximate surface area is 108 Å². The van der Waals surface area contributed by atoms with E-state index >= 15 is 0 Å². The summed E-state index contributed by atoms with van der Waals surface area (Å²) in [5, 5.41) is 5.92. The van der Waals surface area contributed by atoms with Crippen molar-refractivity contribution in [2.24, 2.45) is 0 Å². The number of likely N-dealkylation sites (tertiary alicyclic amines) is 1. The molecule has 0 bridgehead atoms. The summed E-state index contributed by atoms with van der Waals surface area (Å²) in [7, 11) is 0. The Morgan fingerprint density at radius 3 is 2.65 bits per heavy atom. The Morgan fingerprint density at radius 1 is 1.29 bits per heavy atom. The maximum Gasteiger partial charge on any atom is 0.0304 e. The zero-order valence-corrected chi connectivity index (χ0v) is 11.4. The van der Waals surface area contributed by atoms with Crippen LogP contribution in [0.4, 0.5) is 0 Å². The van der Waals surface area contributed by atoms with E-state index in [1.165, 1.54) is 49.2 Å². The molecule has 0 radical (unpaired) electrons. The lowest BCUT2D eigenvalue weighted by atomic mass is 10.0. The van der Waals surface area contributed by atoms with Gasteiger partial charge in [0, 0.05) is 23.5 Å². The number of nitrogens with zero attached hydrogens (tertiary/aromatic N) is 1. The zero-order valence-electron chi connectivity index (χ0n) is 10.6. The third kappa shape index (κ3) is 2.90. The molecule has 17 heavy (non-hydrogen) atoms. The van der Waals surface area contributed by atoms with E-state index in [2.05, 4.69) is 28.6 Å². The summed E-state index contributed by atoms with van der Waals surface area (Å²) in [5.41, 5.74) is 1.44. The van der Waals surface area contributed by atoms with E-state index in [9.17, 15) is 0 Å². The molecule has 1 aromatic heterocycles. The molecule has 3 heteroatoms.